The first kappa shape index (κ1) is 21.3. The van der Waals surface area contributed by atoms with Gasteiger partial charge in [-0.3, -0.25) is 9.78 Å². The number of hydrogen-bond acceptors (Lipinski definition) is 7. The summed E-state index contributed by atoms with van der Waals surface area (Å²) >= 11 is 0. The average molecular weight is 428 g/mol. The van der Waals surface area contributed by atoms with Crippen LogP contribution in [0, 0.1) is 6.92 Å². The van der Waals surface area contributed by atoms with Crippen molar-refractivity contribution in [1.29, 1.82) is 0 Å². The van der Waals surface area contributed by atoms with E-state index in [4.69, 9.17) is 9.40 Å². The molecule has 4 aromatic rings. The van der Waals surface area contributed by atoms with Gasteiger partial charge in [-0.05, 0) is 43.8 Å². The quantitative estimate of drug-likeness (QED) is 0.501. The number of amides is 1. The summed E-state index contributed by atoms with van der Waals surface area (Å²) in [5.74, 6) is 0.685. The minimum Gasteiger partial charge on any atom is -0.415 e. The van der Waals surface area contributed by atoms with Crippen LogP contribution in [-0.2, 0) is 6.54 Å². The van der Waals surface area contributed by atoms with E-state index in [0.717, 1.165) is 17.7 Å². The number of nitrogens with zero attached hydrogens (tertiary/aromatic N) is 5. The molecule has 2 aromatic heterocycles. The number of nitrogens with one attached hydrogen (secondary N) is 1. The smallest absolute Gasteiger partial charge is 0.268 e. The van der Waals surface area contributed by atoms with Crippen LogP contribution < -0.4 is 5.32 Å². The van der Waals surface area contributed by atoms with E-state index < -0.39 is 0 Å². The summed E-state index contributed by atoms with van der Waals surface area (Å²) in [5, 5.41) is 11.5. The Kier molecular flexibility index (Phi) is 6.04. The van der Waals surface area contributed by atoms with Crippen LogP contribution in [-0.4, -0.2) is 52.1 Å². The molecule has 4 rings (SSSR count). The lowest BCUT2D eigenvalue weighted by Crippen LogP contribution is -2.21. The molecule has 0 aliphatic rings. The summed E-state index contributed by atoms with van der Waals surface area (Å²) in [6.07, 6.45) is 1.69. The van der Waals surface area contributed by atoms with Crippen LogP contribution in [0.1, 0.15) is 21.6 Å². The Morgan fingerprint density at radius 1 is 0.969 bits per heavy atom. The van der Waals surface area contributed by atoms with E-state index in [2.05, 4.69) is 20.5 Å². The molecule has 0 radical (unpaired) electrons. The summed E-state index contributed by atoms with van der Waals surface area (Å²) in [6.45, 7) is 2.64. The zero-order chi connectivity index (χ0) is 22.7. The molecule has 0 saturated carbocycles. The van der Waals surface area contributed by atoms with Gasteiger partial charge in [0.1, 0.15) is 5.69 Å². The number of hydrogen-bond donors (Lipinski definition) is 1. The van der Waals surface area contributed by atoms with E-state index >= 15 is 0 Å². The van der Waals surface area contributed by atoms with Crippen molar-refractivity contribution in [2.24, 2.45) is 0 Å². The zero-order valence-corrected chi connectivity index (χ0v) is 18.5. The predicted octanol–water partition coefficient (Wildman–Crippen LogP) is 3.59. The van der Waals surface area contributed by atoms with Crippen LogP contribution >= 0.6 is 0 Å². The minimum absolute atomic E-state index is 0.0513. The van der Waals surface area contributed by atoms with E-state index in [1.807, 2.05) is 50.4 Å². The Morgan fingerprint density at radius 2 is 1.62 bits per heavy atom. The van der Waals surface area contributed by atoms with Crippen molar-refractivity contribution in [3.63, 3.8) is 0 Å². The van der Waals surface area contributed by atoms with Gasteiger partial charge >= 0.3 is 0 Å². The molecule has 0 saturated heterocycles. The SMILES string of the molecule is CNCc1ccc(-c2nnc(-c3nc(-c4ccc(C(=O)N(C)C)cc4)cnc3C)o2)cc1. The third kappa shape index (κ3) is 4.40. The standard InChI is InChI=1S/C24H24N6O2/c1-15-21(23-29-28-22(32-23)18-7-5-16(6-8-18)13-25-2)27-20(14-26-15)17-9-11-19(12-10-17)24(31)30(3)4/h5-12,14,25H,13H2,1-4H3. The van der Waals surface area contributed by atoms with E-state index in [1.165, 1.54) is 5.56 Å². The highest BCUT2D eigenvalue weighted by atomic mass is 16.4. The van der Waals surface area contributed by atoms with Gasteiger partial charge in [0.25, 0.3) is 11.8 Å². The van der Waals surface area contributed by atoms with Crippen molar-refractivity contribution in [1.82, 2.24) is 30.4 Å². The first-order chi connectivity index (χ1) is 15.5. The summed E-state index contributed by atoms with van der Waals surface area (Å²) < 4.78 is 5.91. The van der Waals surface area contributed by atoms with Gasteiger partial charge in [0.2, 0.25) is 5.89 Å². The predicted molar refractivity (Wildman–Crippen MR) is 122 cm³/mol. The lowest BCUT2D eigenvalue weighted by atomic mass is 10.1. The van der Waals surface area contributed by atoms with Crippen molar-refractivity contribution in [3.8, 4) is 34.3 Å². The van der Waals surface area contributed by atoms with Crippen molar-refractivity contribution in [3.05, 3.63) is 71.5 Å². The highest BCUT2D eigenvalue weighted by Crippen LogP contribution is 2.27. The van der Waals surface area contributed by atoms with Crippen molar-refractivity contribution in [2.45, 2.75) is 13.5 Å². The molecule has 32 heavy (non-hydrogen) atoms. The fraction of sp³-hybridized carbons (Fsp3) is 0.208. The molecule has 1 N–H and O–H groups in total. The highest BCUT2D eigenvalue weighted by Gasteiger charge is 2.16. The van der Waals surface area contributed by atoms with Crippen LogP contribution in [0.5, 0.6) is 0 Å². The van der Waals surface area contributed by atoms with Crippen LogP contribution in [0.3, 0.4) is 0 Å². The van der Waals surface area contributed by atoms with Gasteiger partial charge in [0.15, 0.2) is 0 Å². The summed E-state index contributed by atoms with van der Waals surface area (Å²) in [4.78, 5) is 22.8. The summed E-state index contributed by atoms with van der Waals surface area (Å²) in [5.41, 5.74) is 5.34. The molecule has 8 heteroatoms. The molecule has 0 unspecified atom stereocenters. The molecular weight excluding hydrogens is 404 g/mol. The van der Waals surface area contributed by atoms with E-state index in [0.29, 0.717) is 34.4 Å². The van der Waals surface area contributed by atoms with Gasteiger partial charge in [-0.25, -0.2) is 4.98 Å². The van der Waals surface area contributed by atoms with Crippen LogP contribution in [0.4, 0.5) is 0 Å². The fourth-order valence-corrected chi connectivity index (χ4v) is 3.24. The average Bonchev–Trinajstić information content (AvgIpc) is 3.30. The van der Waals surface area contributed by atoms with Crippen molar-refractivity contribution in [2.75, 3.05) is 21.1 Å². The number of carbonyl (C=O) groups excluding carboxylic acids is 1. The van der Waals surface area contributed by atoms with E-state index in [-0.39, 0.29) is 5.91 Å². The molecule has 2 aromatic carbocycles. The topological polar surface area (TPSA) is 97.0 Å². The molecule has 0 aliphatic carbocycles. The Bertz CT molecular complexity index is 1230. The lowest BCUT2D eigenvalue weighted by Gasteiger charge is -2.10. The third-order valence-corrected chi connectivity index (χ3v) is 5.00. The maximum absolute atomic E-state index is 12.1. The van der Waals surface area contributed by atoms with Gasteiger partial charge < -0.3 is 14.6 Å². The number of rotatable bonds is 6. The van der Waals surface area contributed by atoms with Crippen molar-refractivity contribution >= 4 is 5.91 Å². The first-order valence-electron chi connectivity index (χ1n) is 10.2. The molecule has 0 bridgehead atoms. The van der Waals surface area contributed by atoms with Crippen LogP contribution in [0.2, 0.25) is 0 Å². The van der Waals surface area contributed by atoms with Gasteiger partial charge in [0.05, 0.1) is 17.6 Å². The normalized spacial score (nSPS) is 10.9. The molecular formula is C24H24N6O2. The molecule has 0 spiro atoms. The molecule has 162 valence electrons. The maximum atomic E-state index is 12.1. The van der Waals surface area contributed by atoms with E-state index in [1.54, 1.807) is 37.3 Å². The Balaban J connectivity index is 1.62. The molecule has 8 nitrogen and oxygen atoms in total. The van der Waals surface area contributed by atoms with Gasteiger partial charge in [0, 0.05) is 37.3 Å². The molecule has 0 aliphatic heterocycles. The number of carbonyl (C=O) groups is 1. The monoisotopic (exact) mass is 428 g/mol. The third-order valence-electron chi connectivity index (χ3n) is 5.00. The second-order valence-electron chi connectivity index (χ2n) is 7.61. The molecule has 0 fully saturated rings. The Morgan fingerprint density at radius 3 is 2.28 bits per heavy atom. The van der Waals surface area contributed by atoms with Crippen LogP contribution in [0.15, 0.2) is 59.1 Å². The number of benzene rings is 2. The van der Waals surface area contributed by atoms with Gasteiger partial charge in [-0.15, -0.1) is 10.2 Å². The second kappa shape index (κ2) is 9.07. The molecule has 0 atom stereocenters. The van der Waals surface area contributed by atoms with Crippen molar-refractivity contribution < 1.29 is 9.21 Å². The Hall–Kier alpha value is -3.91. The summed E-state index contributed by atoms with van der Waals surface area (Å²) in [7, 11) is 5.36. The Labute approximate surface area is 186 Å². The van der Waals surface area contributed by atoms with Gasteiger partial charge in [-0.1, -0.05) is 24.3 Å². The molecule has 2 heterocycles. The highest BCUT2D eigenvalue weighted by molar-refractivity contribution is 5.94. The van der Waals surface area contributed by atoms with Crippen LogP contribution in [0.25, 0.3) is 34.3 Å². The number of aryl methyl sites for hydroxylation is 1. The molecule has 1 amide bonds. The second-order valence-corrected chi connectivity index (χ2v) is 7.61. The fourth-order valence-electron chi connectivity index (χ4n) is 3.24. The minimum atomic E-state index is -0.0513. The maximum Gasteiger partial charge on any atom is 0.268 e. The lowest BCUT2D eigenvalue weighted by molar-refractivity contribution is 0.0827. The zero-order valence-electron chi connectivity index (χ0n) is 18.5. The number of aromatic nitrogens is 4. The van der Waals surface area contributed by atoms with E-state index in [9.17, 15) is 4.79 Å². The van der Waals surface area contributed by atoms with Gasteiger partial charge in [-0.2, -0.15) is 0 Å². The summed E-state index contributed by atoms with van der Waals surface area (Å²) in [6, 6.07) is 15.2. The first-order valence-corrected chi connectivity index (χ1v) is 10.2. The largest absolute Gasteiger partial charge is 0.415 e.